The first kappa shape index (κ1) is 17.1. The SMILES string of the molecule is C#CCC(CC)NS(=O)(=O)c1cc(C)c(F)c(C(=O)O)c1. The Bertz CT molecular complexity index is 692. The zero-order valence-electron chi connectivity index (χ0n) is 11.7. The first-order valence-electron chi connectivity index (χ1n) is 6.22. The third kappa shape index (κ3) is 4.03. The molecular formula is C14H16FNO4S. The summed E-state index contributed by atoms with van der Waals surface area (Å²) in [4.78, 5) is 10.7. The second-order valence-corrected chi connectivity index (χ2v) is 6.26. The molecule has 1 aromatic rings. The molecule has 0 saturated heterocycles. The number of hydrogen-bond acceptors (Lipinski definition) is 3. The number of hydrogen-bond donors (Lipinski definition) is 2. The van der Waals surface area contributed by atoms with Crippen LogP contribution < -0.4 is 4.72 Å². The van der Waals surface area contributed by atoms with Crippen LogP contribution in [-0.4, -0.2) is 25.5 Å². The number of rotatable bonds is 6. The van der Waals surface area contributed by atoms with E-state index in [1.807, 2.05) is 0 Å². The molecule has 0 fully saturated rings. The first-order valence-corrected chi connectivity index (χ1v) is 7.70. The molecular weight excluding hydrogens is 297 g/mol. The number of sulfonamides is 1. The van der Waals surface area contributed by atoms with E-state index < -0.39 is 33.4 Å². The summed E-state index contributed by atoms with van der Waals surface area (Å²) >= 11 is 0. The van der Waals surface area contributed by atoms with E-state index >= 15 is 0 Å². The summed E-state index contributed by atoms with van der Waals surface area (Å²) in [5.41, 5.74) is -0.736. The molecule has 0 radical (unpaired) electrons. The first-order chi connectivity index (χ1) is 9.72. The van der Waals surface area contributed by atoms with E-state index in [0.717, 1.165) is 12.1 Å². The average Bonchev–Trinajstić information content (AvgIpc) is 2.40. The third-order valence-electron chi connectivity index (χ3n) is 2.95. The molecule has 7 heteroatoms. The highest BCUT2D eigenvalue weighted by Gasteiger charge is 2.23. The molecule has 1 rings (SSSR count). The number of terminal acetylenes is 1. The Balaban J connectivity index is 3.26. The minimum atomic E-state index is -3.96. The fourth-order valence-electron chi connectivity index (χ4n) is 1.75. The summed E-state index contributed by atoms with van der Waals surface area (Å²) in [5, 5.41) is 8.91. The van der Waals surface area contributed by atoms with Gasteiger partial charge in [-0.3, -0.25) is 0 Å². The Hall–Kier alpha value is -1.91. The number of aromatic carboxylic acids is 1. The average molecular weight is 313 g/mol. The van der Waals surface area contributed by atoms with Gasteiger partial charge in [0.1, 0.15) is 5.82 Å². The van der Waals surface area contributed by atoms with Gasteiger partial charge in [0.05, 0.1) is 10.5 Å². The molecule has 1 atom stereocenters. The van der Waals surface area contributed by atoms with E-state index in [0.29, 0.717) is 6.42 Å². The molecule has 1 aromatic carbocycles. The summed E-state index contributed by atoms with van der Waals surface area (Å²) in [6, 6.07) is 1.43. The van der Waals surface area contributed by atoms with Crippen LogP contribution >= 0.6 is 0 Å². The van der Waals surface area contributed by atoms with Crippen LogP contribution in [0.1, 0.15) is 35.7 Å². The molecule has 0 heterocycles. The topological polar surface area (TPSA) is 83.5 Å². The summed E-state index contributed by atoms with van der Waals surface area (Å²) in [5.74, 6) is -0.110. The highest BCUT2D eigenvalue weighted by atomic mass is 32.2. The van der Waals surface area contributed by atoms with Crippen molar-refractivity contribution in [2.24, 2.45) is 0 Å². The standard InChI is InChI=1S/C14H16FNO4S/c1-4-6-10(5-2)16-21(19,20)11-7-9(3)13(15)12(8-11)14(17)18/h1,7-8,10,16H,5-6H2,2-3H3,(H,17,18). The van der Waals surface area contributed by atoms with Gasteiger partial charge in [-0.1, -0.05) is 6.92 Å². The van der Waals surface area contributed by atoms with Crippen molar-refractivity contribution in [2.75, 3.05) is 0 Å². The number of halogens is 1. The molecule has 0 amide bonds. The Labute approximate surface area is 123 Å². The van der Waals surface area contributed by atoms with E-state index in [2.05, 4.69) is 10.6 Å². The van der Waals surface area contributed by atoms with Crippen molar-refractivity contribution in [3.8, 4) is 12.3 Å². The zero-order valence-corrected chi connectivity index (χ0v) is 12.5. The van der Waals surface area contributed by atoms with Crippen LogP contribution in [0.2, 0.25) is 0 Å². The van der Waals surface area contributed by atoms with Crippen LogP contribution in [0.5, 0.6) is 0 Å². The lowest BCUT2D eigenvalue weighted by molar-refractivity contribution is 0.0691. The number of nitrogens with one attached hydrogen (secondary N) is 1. The molecule has 5 nitrogen and oxygen atoms in total. The monoisotopic (exact) mass is 313 g/mol. The Kier molecular flexibility index (Phi) is 5.47. The Morgan fingerprint density at radius 2 is 2.14 bits per heavy atom. The lowest BCUT2D eigenvalue weighted by Crippen LogP contribution is -2.34. The van der Waals surface area contributed by atoms with Gasteiger partial charge in [0.25, 0.3) is 0 Å². The molecule has 2 N–H and O–H groups in total. The Morgan fingerprint density at radius 3 is 2.62 bits per heavy atom. The number of aryl methyl sites for hydroxylation is 1. The second-order valence-electron chi connectivity index (χ2n) is 4.54. The van der Waals surface area contributed by atoms with Crippen molar-refractivity contribution >= 4 is 16.0 Å². The van der Waals surface area contributed by atoms with Gasteiger partial charge in [-0.2, -0.15) is 0 Å². The predicted octanol–water partition coefficient (Wildman–Crippen LogP) is 1.91. The minimum absolute atomic E-state index is 0.0553. The molecule has 0 aliphatic rings. The summed E-state index contributed by atoms with van der Waals surface area (Å²) in [6.07, 6.45) is 5.85. The van der Waals surface area contributed by atoms with Crippen molar-refractivity contribution in [3.05, 3.63) is 29.1 Å². The number of carboxylic acid groups (broad SMARTS) is 1. The largest absolute Gasteiger partial charge is 0.478 e. The van der Waals surface area contributed by atoms with Crippen molar-refractivity contribution in [2.45, 2.75) is 37.6 Å². The normalized spacial score (nSPS) is 12.7. The van der Waals surface area contributed by atoms with Gasteiger partial charge in [-0.15, -0.1) is 12.3 Å². The number of benzene rings is 1. The van der Waals surface area contributed by atoms with Gasteiger partial charge in [0.2, 0.25) is 10.0 Å². The lowest BCUT2D eigenvalue weighted by atomic mass is 10.1. The second kappa shape index (κ2) is 6.70. The van der Waals surface area contributed by atoms with Crippen LogP contribution in [0.25, 0.3) is 0 Å². The molecule has 0 aliphatic carbocycles. The van der Waals surface area contributed by atoms with Crippen LogP contribution in [0.3, 0.4) is 0 Å². The summed E-state index contributed by atoms with van der Waals surface area (Å²) < 4.78 is 40.5. The maximum absolute atomic E-state index is 13.6. The van der Waals surface area contributed by atoms with Crippen molar-refractivity contribution < 1.29 is 22.7 Å². The lowest BCUT2D eigenvalue weighted by Gasteiger charge is -2.15. The molecule has 0 aromatic heterocycles. The quantitative estimate of drug-likeness (QED) is 0.786. The maximum atomic E-state index is 13.6. The van der Waals surface area contributed by atoms with E-state index in [9.17, 15) is 17.6 Å². The highest BCUT2D eigenvalue weighted by molar-refractivity contribution is 7.89. The summed E-state index contributed by atoms with van der Waals surface area (Å²) in [7, 11) is -3.96. The fraction of sp³-hybridized carbons (Fsp3) is 0.357. The van der Waals surface area contributed by atoms with Crippen LogP contribution in [0.4, 0.5) is 4.39 Å². The van der Waals surface area contributed by atoms with Gasteiger partial charge >= 0.3 is 5.97 Å². The summed E-state index contributed by atoms with van der Waals surface area (Å²) in [6.45, 7) is 3.07. The number of carboxylic acids is 1. The molecule has 1 unspecified atom stereocenters. The number of carbonyl (C=O) groups is 1. The van der Waals surface area contributed by atoms with E-state index in [-0.39, 0.29) is 16.9 Å². The molecule has 114 valence electrons. The highest BCUT2D eigenvalue weighted by Crippen LogP contribution is 2.20. The van der Waals surface area contributed by atoms with Crippen molar-refractivity contribution in [1.82, 2.24) is 4.72 Å². The van der Waals surface area contributed by atoms with E-state index in [1.165, 1.54) is 6.92 Å². The van der Waals surface area contributed by atoms with Gasteiger partial charge in [0.15, 0.2) is 0 Å². The third-order valence-corrected chi connectivity index (χ3v) is 4.45. The predicted molar refractivity (Wildman–Crippen MR) is 75.9 cm³/mol. The van der Waals surface area contributed by atoms with Gasteiger partial charge in [-0.05, 0) is 31.0 Å². The minimum Gasteiger partial charge on any atom is -0.478 e. The van der Waals surface area contributed by atoms with Gasteiger partial charge < -0.3 is 5.11 Å². The molecule has 0 bridgehead atoms. The van der Waals surface area contributed by atoms with Gasteiger partial charge in [0, 0.05) is 12.5 Å². The van der Waals surface area contributed by atoms with E-state index in [1.54, 1.807) is 6.92 Å². The smallest absolute Gasteiger partial charge is 0.338 e. The van der Waals surface area contributed by atoms with Crippen molar-refractivity contribution in [3.63, 3.8) is 0 Å². The molecule has 0 spiro atoms. The zero-order chi connectivity index (χ0) is 16.2. The van der Waals surface area contributed by atoms with Gasteiger partial charge in [-0.25, -0.2) is 22.3 Å². The Morgan fingerprint density at radius 1 is 1.52 bits per heavy atom. The maximum Gasteiger partial charge on any atom is 0.338 e. The fourth-order valence-corrected chi connectivity index (χ4v) is 3.18. The molecule has 0 saturated carbocycles. The van der Waals surface area contributed by atoms with Crippen molar-refractivity contribution in [1.29, 1.82) is 0 Å². The van der Waals surface area contributed by atoms with Crippen LogP contribution in [0.15, 0.2) is 17.0 Å². The van der Waals surface area contributed by atoms with E-state index in [4.69, 9.17) is 11.5 Å². The molecule has 21 heavy (non-hydrogen) atoms. The van der Waals surface area contributed by atoms with Crippen LogP contribution in [0, 0.1) is 25.1 Å². The molecule has 0 aliphatic heterocycles. The van der Waals surface area contributed by atoms with Crippen LogP contribution in [-0.2, 0) is 10.0 Å².